The van der Waals surface area contributed by atoms with E-state index in [2.05, 4.69) is 20.6 Å². The number of alkyl carbamates (subject to hydrolysis) is 1. The maximum Gasteiger partial charge on any atom is 0.407 e. The van der Waals surface area contributed by atoms with Crippen LogP contribution >= 0.6 is 0 Å². The van der Waals surface area contributed by atoms with Crippen molar-refractivity contribution < 1.29 is 14.3 Å². The first-order chi connectivity index (χ1) is 9.69. The zero-order valence-corrected chi connectivity index (χ0v) is 13.1. The predicted molar refractivity (Wildman–Crippen MR) is 78.1 cm³/mol. The summed E-state index contributed by atoms with van der Waals surface area (Å²) in [6.07, 6.45) is 0.987. The Balaban J connectivity index is 2.36. The number of carbonyl (C=O) groups is 2. The minimum atomic E-state index is -0.538. The molecule has 0 spiro atoms. The van der Waals surface area contributed by atoms with Crippen LogP contribution in [0.4, 0.5) is 4.79 Å². The molecule has 0 unspecified atom stereocenters. The molecule has 116 valence electrons. The lowest BCUT2D eigenvalue weighted by Crippen LogP contribution is -2.38. The third kappa shape index (κ3) is 6.20. The Morgan fingerprint density at radius 2 is 1.81 bits per heavy atom. The zero-order chi connectivity index (χ0) is 16.0. The van der Waals surface area contributed by atoms with Crippen LogP contribution in [0.3, 0.4) is 0 Å². The maximum atomic E-state index is 11.9. The summed E-state index contributed by atoms with van der Waals surface area (Å²) in [6.45, 7) is 9.46. The summed E-state index contributed by atoms with van der Waals surface area (Å²) in [4.78, 5) is 31.4. The van der Waals surface area contributed by atoms with Crippen molar-refractivity contribution in [3.05, 3.63) is 23.3 Å². The SMILES string of the molecule is Cc1ncc(C(=O)NCCNC(=O)OC(C)(C)C)c(C)n1. The second kappa shape index (κ2) is 7.01. The second-order valence-electron chi connectivity index (χ2n) is 5.60. The highest BCUT2D eigenvalue weighted by molar-refractivity contribution is 5.94. The van der Waals surface area contributed by atoms with Crippen LogP contribution in [-0.2, 0) is 4.74 Å². The largest absolute Gasteiger partial charge is 0.444 e. The maximum absolute atomic E-state index is 11.9. The van der Waals surface area contributed by atoms with Gasteiger partial charge in [-0.15, -0.1) is 0 Å². The van der Waals surface area contributed by atoms with Gasteiger partial charge in [0.15, 0.2) is 0 Å². The lowest BCUT2D eigenvalue weighted by molar-refractivity contribution is 0.0526. The van der Waals surface area contributed by atoms with E-state index in [9.17, 15) is 9.59 Å². The van der Waals surface area contributed by atoms with E-state index in [-0.39, 0.29) is 12.5 Å². The van der Waals surface area contributed by atoms with Crippen molar-refractivity contribution in [2.24, 2.45) is 0 Å². The molecular formula is C14H22N4O3. The molecule has 0 saturated heterocycles. The van der Waals surface area contributed by atoms with Crippen molar-refractivity contribution in [1.82, 2.24) is 20.6 Å². The van der Waals surface area contributed by atoms with Gasteiger partial charge in [-0.3, -0.25) is 4.79 Å². The minimum absolute atomic E-state index is 0.265. The fraction of sp³-hybridized carbons (Fsp3) is 0.571. The van der Waals surface area contributed by atoms with Gasteiger partial charge in [0.2, 0.25) is 0 Å². The molecule has 7 nitrogen and oxygen atoms in total. The Kier molecular flexibility index (Phi) is 5.63. The van der Waals surface area contributed by atoms with Crippen LogP contribution in [0.2, 0.25) is 0 Å². The van der Waals surface area contributed by atoms with Crippen molar-refractivity contribution in [2.75, 3.05) is 13.1 Å². The molecule has 0 aliphatic carbocycles. The van der Waals surface area contributed by atoms with Gasteiger partial charge in [0.1, 0.15) is 11.4 Å². The molecule has 2 amide bonds. The highest BCUT2D eigenvalue weighted by Gasteiger charge is 2.15. The molecule has 7 heteroatoms. The zero-order valence-electron chi connectivity index (χ0n) is 13.1. The third-order valence-corrected chi connectivity index (χ3v) is 2.42. The summed E-state index contributed by atoms with van der Waals surface area (Å²) < 4.78 is 5.08. The van der Waals surface area contributed by atoms with Gasteiger partial charge in [0, 0.05) is 19.3 Å². The van der Waals surface area contributed by atoms with Crippen LogP contribution in [0.25, 0.3) is 0 Å². The van der Waals surface area contributed by atoms with Crippen molar-refractivity contribution >= 4 is 12.0 Å². The number of nitrogens with zero attached hydrogens (tertiary/aromatic N) is 2. The molecule has 0 aromatic carbocycles. The third-order valence-electron chi connectivity index (χ3n) is 2.42. The fourth-order valence-electron chi connectivity index (χ4n) is 1.56. The number of carbonyl (C=O) groups excluding carboxylic acids is 2. The number of rotatable bonds is 4. The highest BCUT2D eigenvalue weighted by atomic mass is 16.6. The molecule has 0 atom stereocenters. The number of aromatic nitrogens is 2. The van der Waals surface area contributed by atoms with Gasteiger partial charge in [0.05, 0.1) is 11.3 Å². The molecule has 1 heterocycles. The van der Waals surface area contributed by atoms with Gasteiger partial charge >= 0.3 is 6.09 Å². The van der Waals surface area contributed by atoms with E-state index in [1.807, 2.05) is 0 Å². The highest BCUT2D eigenvalue weighted by Crippen LogP contribution is 2.06. The molecule has 0 fully saturated rings. The smallest absolute Gasteiger partial charge is 0.407 e. The van der Waals surface area contributed by atoms with E-state index < -0.39 is 11.7 Å². The van der Waals surface area contributed by atoms with Crippen LogP contribution < -0.4 is 10.6 Å². The van der Waals surface area contributed by atoms with Gasteiger partial charge in [-0.05, 0) is 34.6 Å². The first-order valence-corrected chi connectivity index (χ1v) is 6.74. The van der Waals surface area contributed by atoms with Crippen molar-refractivity contribution in [1.29, 1.82) is 0 Å². The average Bonchev–Trinajstić information content (AvgIpc) is 2.32. The summed E-state index contributed by atoms with van der Waals surface area (Å²) in [7, 11) is 0. The Bertz CT molecular complexity index is 523. The molecule has 0 radical (unpaired) electrons. The molecule has 0 aliphatic heterocycles. The van der Waals surface area contributed by atoms with E-state index in [4.69, 9.17) is 4.74 Å². The lowest BCUT2D eigenvalue weighted by Gasteiger charge is -2.19. The second-order valence-corrected chi connectivity index (χ2v) is 5.60. The summed E-state index contributed by atoms with van der Waals surface area (Å²) in [5, 5.41) is 5.25. The van der Waals surface area contributed by atoms with E-state index >= 15 is 0 Å². The average molecular weight is 294 g/mol. The van der Waals surface area contributed by atoms with Gasteiger partial charge < -0.3 is 15.4 Å². The molecule has 1 aromatic rings. The van der Waals surface area contributed by atoms with Gasteiger partial charge in [-0.2, -0.15) is 0 Å². The summed E-state index contributed by atoms with van der Waals surface area (Å²) in [5.41, 5.74) is 0.516. The topological polar surface area (TPSA) is 93.2 Å². The fourth-order valence-corrected chi connectivity index (χ4v) is 1.56. The lowest BCUT2D eigenvalue weighted by atomic mass is 10.2. The number of aryl methyl sites for hydroxylation is 2. The number of nitrogens with one attached hydrogen (secondary N) is 2. The number of hydrogen-bond acceptors (Lipinski definition) is 5. The molecule has 0 saturated carbocycles. The van der Waals surface area contributed by atoms with Crippen LogP contribution in [0.5, 0.6) is 0 Å². The molecule has 21 heavy (non-hydrogen) atoms. The number of hydrogen-bond donors (Lipinski definition) is 2. The van der Waals surface area contributed by atoms with E-state index in [0.717, 1.165) is 0 Å². The van der Waals surface area contributed by atoms with Crippen molar-refractivity contribution in [3.8, 4) is 0 Å². The van der Waals surface area contributed by atoms with Crippen LogP contribution in [0.15, 0.2) is 6.20 Å². The van der Waals surface area contributed by atoms with E-state index in [1.165, 1.54) is 6.20 Å². The molecule has 2 N–H and O–H groups in total. The molecule has 1 aromatic heterocycles. The first-order valence-electron chi connectivity index (χ1n) is 6.74. The summed E-state index contributed by atoms with van der Waals surface area (Å²) in [5.74, 6) is 0.356. The quantitative estimate of drug-likeness (QED) is 0.818. The Morgan fingerprint density at radius 3 is 2.38 bits per heavy atom. The molecular weight excluding hydrogens is 272 g/mol. The first kappa shape index (κ1) is 16.9. The summed E-state index contributed by atoms with van der Waals surface area (Å²) >= 11 is 0. The molecule has 0 aliphatic rings. The van der Waals surface area contributed by atoms with Crippen molar-refractivity contribution in [2.45, 2.75) is 40.2 Å². The van der Waals surface area contributed by atoms with Crippen LogP contribution in [0, 0.1) is 13.8 Å². The molecule has 1 rings (SSSR count). The Hall–Kier alpha value is -2.18. The monoisotopic (exact) mass is 294 g/mol. The van der Waals surface area contributed by atoms with E-state index in [1.54, 1.807) is 34.6 Å². The minimum Gasteiger partial charge on any atom is -0.444 e. The van der Waals surface area contributed by atoms with E-state index in [0.29, 0.717) is 23.6 Å². The predicted octanol–water partition coefficient (Wildman–Crippen LogP) is 1.35. The number of amides is 2. The standard InChI is InChI=1S/C14H22N4O3/c1-9-11(8-17-10(2)18-9)12(19)15-6-7-16-13(20)21-14(3,4)5/h8H,6-7H2,1-5H3,(H,15,19)(H,16,20). The Morgan fingerprint density at radius 1 is 1.19 bits per heavy atom. The molecule has 0 bridgehead atoms. The number of ether oxygens (including phenoxy) is 1. The van der Waals surface area contributed by atoms with Gasteiger partial charge in [0.25, 0.3) is 5.91 Å². The van der Waals surface area contributed by atoms with Crippen LogP contribution in [0.1, 0.15) is 42.6 Å². The Labute approximate surface area is 124 Å². The van der Waals surface area contributed by atoms with Gasteiger partial charge in [-0.25, -0.2) is 14.8 Å². The van der Waals surface area contributed by atoms with Gasteiger partial charge in [-0.1, -0.05) is 0 Å². The summed E-state index contributed by atoms with van der Waals surface area (Å²) in [6, 6.07) is 0. The van der Waals surface area contributed by atoms with Crippen LogP contribution in [-0.4, -0.2) is 40.7 Å². The van der Waals surface area contributed by atoms with Crippen molar-refractivity contribution in [3.63, 3.8) is 0 Å². The normalized spacial score (nSPS) is 10.9.